The summed E-state index contributed by atoms with van der Waals surface area (Å²) < 4.78 is 11.0. The van der Waals surface area contributed by atoms with Crippen LogP contribution in [0.1, 0.15) is 37.0 Å². The summed E-state index contributed by atoms with van der Waals surface area (Å²) in [4.78, 5) is 47.1. The first kappa shape index (κ1) is 22.3. The van der Waals surface area contributed by atoms with E-state index in [9.17, 15) is 24.3 Å². The minimum Gasteiger partial charge on any atom is -0.548 e. The smallest absolute Gasteiger partial charge is 0.339 e. The summed E-state index contributed by atoms with van der Waals surface area (Å²) in [6.07, 6.45) is 2.47. The van der Waals surface area contributed by atoms with Crippen molar-refractivity contribution in [2.45, 2.75) is 46.1 Å². The van der Waals surface area contributed by atoms with Crippen LogP contribution in [0.2, 0.25) is 0 Å². The second-order valence-corrected chi connectivity index (χ2v) is 7.94. The number of benzene rings is 1. The number of hydrogen-bond acceptors (Lipinski definition) is 7. The fraction of sp³-hybridized carbons (Fsp3) is 0.455. The third kappa shape index (κ3) is 4.87. The maximum absolute atomic E-state index is 12.2. The second kappa shape index (κ2) is 9.20. The molecule has 1 aliphatic carbocycles. The van der Waals surface area contributed by atoms with Gasteiger partial charge in [-0.15, -0.1) is 0 Å². The highest BCUT2D eigenvalue weighted by Crippen LogP contribution is 2.32. The summed E-state index contributed by atoms with van der Waals surface area (Å²) in [6.45, 7) is 4.27. The molecule has 0 radical (unpaired) electrons. The van der Waals surface area contributed by atoms with Gasteiger partial charge in [0.15, 0.2) is 6.61 Å². The standard InChI is InChI=1S/C22H26N2O7/c1-11(2)19(21(27)28)24-17(25)9-23-18(26)10-30-16-8-7-14-13-5-4-6-15(13)22(29)31-20(14)12(16)3/h7-8,11,19H,4-6,9-10H2,1-3H3,(H,23,26)(H,24,25)(H,27,28)/p-1/t19-/m0/s1. The Balaban J connectivity index is 1.60. The Bertz CT molecular complexity index is 1090. The molecular formula is C22H25N2O7-. The van der Waals surface area contributed by atoms with Gasteiger partial charge >= 0.3 is 5.63 Å². The van der Waals surface area contributed by atoms with Crippen LogP contribution in [0, 0.1) is 12.8 Å². The Morgan fingerprint density at radius 3 is 2.55 bits per heavy atom. The Kier molecular flexibility index (Phi) is 6.62. The van der Waals surface area contributed by atoms with Crippen molar-refractivity contribution in [3.05, 3.63) is 39.2 Å². The lowest BCUT2D eigenvalue weighted by Crippen LogP contribution is -2.53. The number of carbonyl (C=O) groups excluding carboxylic acids is 3. The molecule has 0 saturated carbocycles. The fourth-order valence-electron chi connectivity index (χ4n) is 3.72. The van der Waals surface area contributed by atoms with Crippen LogP contribution >= 0.6 is 0 Å². The van der Waals surface area contributed by atoms with Gasteiger partial charge < -0.3 is 29.7 Å². The molecule has 9 heteroatoms. The molecule has 1 aliphatic rings. The molecule has 0 fully saturated rings. The molecule has 0 aliphatic heterocycles. The molecule has 0 spiro atoms. The normalized spacial score (nSPS) is 13.7. The largest absolute Gasteiger partial charge is 0.548 e. The lowest BCUT2D eigenvalue weighted by Gasteiger charge is -2.23. The summed E-state index contributed by atoms with van der Waals surface area (Å²) in [5.41, 5.74) is 2.48. The highest BCUT2D eigenvalue weighted by Gasteiger charge is 2.22. The SMILES string of the molecule is Cc1c(OCC(=O)NCC(=O)N[C@H](C(=O)[O-])C(C)C)ccc2c3c(c(=O)oc12)CCC3. The molecule has 1 heterocycles. The molecule has 0 saturated heterocycles. The number of carboxylic acid groups (broad SMARTS) is 1. The van der Waals surface area contributed by atoms with Crippen LogP contribution in [-0.4, -0.2) is 37.0 Å². The van der Waals surface area contributed by atoms with E-state index in [1.54, 1.807) is 26.8 Å². The van der Waals surface area contributed by atoms with Crippen molar-refractivity contribution in [3.8, 4) is 5.75 Å². The van der Waals surface area contributed by atoms with E-state index in [-0.39, 0.29) is 18.2 Å². The van der Waals surface area contributed by atoms with Gasteiger partial charge in [-0.2, -0.15) is 0 Å². The number of fused-ring (bicyclic) bond motifs is 3. The van der Waals surface area contributed by atoms with Crippen LogP contribution in [0.5, 0.6) is 5.75 Å². The van der Waals surface area contributed by atoms with E-state index in [1.807, 2.05) is 6.07 Å². The van der Waals surface area contributed by atoms with E-state index in [0.29, 0.717) is 16.9 Å². The lowest BCUT2D eigenvalue weighted by molar-refractivity contribution is -0.309. The van der Waals surface area contributed by atoms with Crippen LogP contribution < -0.4 is 26.1 Å². The van der Waals surface area contributed by atoms with Crippen molar-refractivity contribution in [1.29, 1.82) is 0 Å². The molecule has 31 heavy (non-hydrogen) atoms. The molecule has 1 aromatic carbocycles. The number of rotatable bonds is 8. The molecule has 1 aromatic heterocycles. The van der Waals surface area contributed by atoms with E-state index in [1.165, 1.54) is 0 Å². The van der Waals surface area contributed by atoms with Gasteiger partial charge in [0.25, 0.3) is 5.91 Å². The van der Waals surface area contributed by atoms with Crippen molar-refractivity contribution < 1.29 is 28.6 Å². The summed E-state index contributed by atoms with van der Waals surface area (Å²) in [6, 6.07) is 2.41. The molecule has 0 bridgehead atoms. The molecule has 2 aromatic rings. The first-order valence-corrected chi connectivity index (χ1v) is 10.2. The van der Waals surface area contributed by atoms with E-state index >= 15 is 0 Å². The number of hydrogen-bond donors (Lipinski definition) is 2. The number of amides is 2. The van der Waals surface area contributed by atoms with Gasteiger partial charge in [0.05, 0.1) is 18.6 Å². The van der Waals surface area contributed by atoms with Gasteiger partial charge in [-0.3, -0.25) is 9.59 Å². The van der Waals surface area contributed by atoms with Crippen LogP contribution in [-0.2, 0) is 27.2 Å². The number of aryl methyl sites for hydroxylation is 2. The van der Waals surface area contributed by atoms with Crippen molar-refractivity contribution in [2.75, 3.05) is 13.2 Å². The number of carbonyl (C=O) groups is 3. The minimum atomic E-state index is -1.39. The molecule has 2 N–H and O–H groups in total. The Hall–Kier alpha value is -3.36. The van der Waals surface area contributed by atoms with E-state index < -0.39 is 30.4 Å². The highest BCUT2D eigenvalue weighted by molar-refractivity contribution is 5.88. The average molecular weight is 429 g/mol. The monoisotopic (exact) mass is 429 g/mol. The quantitative estimate of drug-likeness (QED) is 0.562. The lowest BCUT2D eigenvalue weighted by atomic mass is 10.0. The van der Waals surface area contributed by atoms with Crippen LogP contribution in [0.3, 0.4) is 0 Å². The molecule has 0 unspecified atom stereocenters. The number of ether oxygens (including phenoxy) is 1. The maximum Gasteiger partial charge on any atom is 0.339 e. The van der Waals surface area contributed by atoms with Crippen LogP contribution in [0.15, 0.2) is 21.3 Å². The topological polar surface area (TPSA) is 138 Å². The molecule has 166 valence electrons. The summed E-state index contributed by atoms with van der Waals surface area (Å²) in [7, 11) is 0. The minimum absolute atomic E-state index is 0.333. The Labute approximate surface area is 178 Å². The summed E-state index contributed by atoms with van der Waals surface area (Å²) in [5, 5.41) is 16.6. The maximum atomic E-state index is 12.2. The zero-order chi connectivity index (χ0) is 22.7. The highest BCUT2D eigenvalue weighted by atomic mass is 16.5. The number of carboxylic acids is 1. The zero-order valence-corrected chi connectivity index (χ0v) is 17.7. The van der Waals surface area contributed by atoms with Crippen LogP contribution in [0.25, 0.3) is 11.0 Å². The Morgan fingerprint density at radius 2 is 1.87 bits per heavy atom. The number of nitrogens with one attached hydrogen (secondary N) is 2. The Morgan fingerprint density at radius 1 is 1.16 bits per heavy atom. The van der Waals surface area contributed by atoms with E-state index in [0.717, 1.165) is 35.8 Å². The second-order valence-electron chi connectivity index (χ2n) is 7.94. The van der Waals surface area contributed by atoms with Gasteiger partial charge in [0.1, 0.15) is 11.3 Å². The third-order valence-corrected chi connectivity index (χ3v) is 5.38. The fourth-order valence-corrected chi connectivity index (χ4v) is 3.72. The van der Waals surface area contributed by atoms with E-state index in [4.69, 9.17) is 9.15 Å². The first-order chi connectivity index (χ1) is 14.7. The van der Waals surface area contributed by atoms with E-state index in [2.05, 4.69) is 10.6 Å². The molecule has 3 rings (SSSR count). The molecular weight excluding hydrogens is 404 g/mol. The third-order valence-electron chi connectivity index (χ3n) is 5.38. The molecule has 2 amide bonds. The van der Waals surface area contributed by atoms with Crippen molar-refractivity contribution >= 4 is 28.8 Å². The van der Waals surface area contributed by atoms with Crippen LogP contribution in [0.4, 0.5) is 0 Å². The summed E-state index contributed by atoms with van der Waals surface area (Å²) in [5.74, 6) is -2.55. The number of aliphatic carboxylic acids is 1. The van der Waals surface area contributed by atoms with Crippen molar-refractivity contribution in [1.82, 2.24) is 10.6 Å². The van der Waals surface area contributed by atoms with Gasteiger partial charge in [-0.25, -0.2) is 4.79 Å². The van der Waals surface area contributed by atoms with Gasteiger partial charge in [-0.05, 0) is 49.8 Å². The molecule has 1 atom stereocenters. The predicted molar refractivity (Wildman–Crippen MR) is 110 cm³/mol. The van der Waals surface area contributed by atoms with Gasteiger partial charge in [0, 0.05) is 16.5 Å². The van der Waals surface area contributed by atoms with Gasteiger partial charge in [0.2, 0.25) is 5.91 Å². The zero-order valence-electron chi connectivity index (χ0n) is 17.7. The summed E-state index contributed by atoms with van der Waals surface area (Å²) >= 11 is 0. The molecule has 9 nitrogen and oxygen atoms in total. The predicted octanol–water partition coefficient (Wildman–Crippen LogP) is -0.0242. The first-order valence-electron chi connectivity index (χ1n) is 10.2. The van der Waals surface area contributed by atoms with Crippen molar-refractivity contribution in [2.24, 2.45) is 5.92 Å². The van der Waals surface area contributed by atoms with Gasteiger partial charge in [-0.1, -0.05) is 13.8 Å². The van der Waals surface area contributed by atoms with Crippen molar-refractivity contribution in [3.63, 3.8) is 0 Å². The average Bonchev–Trinajstić information content (AvgIpc) is 3.21.